The first-order valence-corrected chi connectivity index (χ1v) is 6.90. The summed E-state index contributed by atoms with van der Waals surface area (Å²) < 4.78 is 19.0. The lowest BCUT2D eigenvalue weighted by atomic mass is 10.2. The van der Waals surface area contributed by atoms with Crippen LogP contribution in [0.3, 0.4) is 0 Å². The Morgan fingerprint density at radius 1 is 1.26 bits per heavy atom. The van der Waals surface area contributed by atoms with Crippen LogP contribution in [0.2, 0.25) is 0 Å². The van der Waals surface area contributed by atoms with E-state index in [0.717, 1.165) is 16.1 Å². The standard InChI is InChI=1S/C15H16FNOS/c1-10-6-7-12(17)8-14(10)19-9-11-4-3-5-13(18-2)15(11)16/h3-8H,9,17H2,1-2H3. The van der Waals surface area contributed by atoms with Crippen molar-refractivity contribution in [2.24, 2.45) is 0 Å². The van der Waals surface area contributed by atoms with Gasteiger partial charge >= 0.3 is 0 Å². The van der Waals surface area contributed by atoms with Gasteiger partial charge in [0.25, 0.3) is 0 Å². The zero-order chi connectivity index (χ0) is 13.8. The van der Waals surface area contributed by atoms with Crippen LogP contribution in [0.1, 0.15) is 11.1 Å². The number of halogens is 1. The molecule has 0 atom stereocenters. The summed E-state index contributed by atoms with van der Waals surface area (Å²) in [6.07, 6.45) is 0. The monoisotopic (exact) mass is 277 g/mol. The first-order chi connectivity index (χ1) is 9.11. The number of anilines is 1. The van der Waals surface area contributed by atoms with E-state index >= 15 is 0 Å². The number of rotatable bonds is 4. The summed E-state index contributed by atoms with van der Waals surface area (Å²) >= 11 is 1.57. The summed E-state index contributed by atoms with van der Waals surface area (Å²) in [4.78, 5) is 1.07. The van der Waals surface area contributed by atoms with E-state index in [1.165, 1.54) is 7.11 Å². The average Bonchev–Trinajstić information content (AvgIpc) is 2.41. The van der Waals surface area contributed by atoms with Crippen molar-refractivity contribution in [2.45, 2.75) is 17.6 Å². The van der Waals surface area contributed by atoms with Gasteiger partial charge in [0.15, 0.2) is 11.6 Å². The molecule has 0 aromatic heterocycles. The highest BCUT2D eigenvalue weighted by molar-refractivity contribution is 7.98. The second-order valence-electron chi connectivity index (χ2n) is 4.25. The molecule has 0 aliphatic rings. The van der Waals surface area contributed by atoms with E-state index in [1.54, 1.807) is 30.0 Å². The van der Waals surface area contributed by atoms with Gasteiger partial charge in [-0.3, -0.25) is 0 Å². The van der Waals surface area contributed by atoms with Gasteiger partial charge in [0, 0.05) is 21.9 Å². The van der Waals surface area contributed by atoms with Gasteiger partial charge in [0.05, 0.1) is 7.11 Å². The van der Waals surface area contributed by atoms with Crippen molar-refractivity contribution in [2.75, 3.05) is 12.8 Å². The molecule has 2 N–H and O–H groups in total. The Labute approximate surface area is 116 Å². The van der Waals surface area contributed by atoms with Crippen LogP contribution in [-0.2, 0) is 5.75 Å². The number of thioether (sulfide) groups is 1. The van der Waals surface area contributed by atoms with Crippen molar-refractivity contribution in [3.05, 3.63) is 53.3 Å². The molecule has 0 amide bonds. The Kier molecular flexibility index (Phi) is 4.32. The van der Waals surface area contributed by atoms with Crippen molar-refractivity contribution >= 4 is 17.4 Å². The summed E-state index contributed by atoms with van der Waals surface area (Å²) in [7, 11) is 1.47. The molecule has 19 heavy (non-hydrogen) atoms. The Balaban J connectivity index is 2.17. The molecular formula is C15H16FNOS. The first kappa shape index (κ1) is 13.7. The van der Waals surface area contributed by atoms with Gasteiger partial charge in [-0.15, -0.1) is 11.8 Å². The lowest BCUT2D eigenvalue weighted by molar-refractivity contribution is 0.385. The van der Waals surface area contributed by atoms with Crippen molar-refractivity contribution in [3.63, 3.8) is 0 Å². The van der Waals surface area contributed by atoms with E-state index in [1.807, 2.05) is 25.1 Å². The molecule has 4 heteroatoms. The van der Waals surface area contributed by atoms with Gasteiger partial charge < -0.3 is 10.5 Å². The van der Waals surface area contributed by atoms with Gasteiger partial charge in [0.1, 0.15) is 0 Å². The maximum Gasteiger partial charge on any atom is 0.169 e. The molecule has 0 saturated heterocycles. The predicted molar refractivity (Wildman–Crippen MR) is 78.1 cm³/mol. The Hall–Kier alpha value is -1.68. The van der Waals surface area contributed by atoms with Crippen LogP contribution in [0.25, 0.3) is 0 Å². The SMILES string of the molecule is COc1cccc(CSc2cc(N)ccc2C)c1F. The van der Waals surface area contributed by atoms with E-state index in [9.17, 15) is 4.39 Å². The number of aryl methyl sites for hydroxylation is 1. The fraction of sp³-hybridized carbons (Fsp3) is 0.200. The molecule has 0 heterocycles. The molecule has 2 aromatic rings. The van der Waals surface area contributed by atoms with Crippen LogP contribution in [0.15, 0.2) is 41.3 Å². The van der Waals surface area contributed by atoms with E-state index in [2.05, 4.69) is 0 Å². The van der Waals surface area contributed by atoms with E-state index in [-0.39, 0.29) is 11.6 Å². The third kappa shape index (κ3) is 3.20. The number of nitrogens with two attached hydrogens (primary N) is 1. The molecule has 0 saturated carbocycles. The van der Waals surface area contributed by atoms with Crippen molar-refractivity contribution in [1.82, 2.24) is 0 Å². The van der Waals surface area contributed by atoms with Crippen LogP contribution in [0, 0.1) is 12.7 Å². The Morgan fingerprint density at radius 3 is 2.79 bits per heavy atom. The highest BCUT2D eigenvalue weighted by Gasteiger charge is 2.09. The summed E-state index contributed by atoms with van der Waals surface area (Å²) in [6, 6.07) is 10.9. The lowest BCUT2D eigenvalue weighted by Crippen LogP contribution is -1.94. The normalized spacial score (nSPS) is 10.5. The molecule has 0 bridgehead atoms. The topological polar surface area (TPSA) is 35.2 Å². The zero-order valence-electron chi connectivity index (χ0n) is 10.9. The third-order valence-corrected chi connectivity index (χ3v) is 4.06. The smallest absolute Gasteiger partial charge is 0.169 e. The quantitative estimate of drug-likeness (QED) is 0.677. The van der Waals surface area contributed by atoms with Crippen molar-refractivity contribution < 1.29 is 9.13 Å². The van der Waals surface area contributed by atoms with Gasteiger partial charge in [-0.25, -0.2) is 4.39 Å². The maximum absolute atomic E-state index is 14.0. The number of nitrogen functional groups attached to an aromatic ring is 1. The summed E-state index contributed by atoms with van der Waals surface area (Å²) in [6.45, 7) is 2.02. The van der Waals surface area contributed by atoms with Gasteiger partial charge in [-0.2, -0.15) is 0 Å². The Morgan fingerprint density at radius 2 is 2.05 bits per heavy atom. The number of hydrogen-bond acceptors (Lipinski definition) is 3. The van der Waals surface area contributed by atoms with Crippen LogP contribution in [0.4, 0.5) is 10.1 Å². The highest BCUT2D eigenvalue weighted by atomic mass is 32.2. The molecular weight excluding hydrogens is 261 g/mol. The minimum atomic E-state index is -0.293. The molecule has 0 aliphatic carbocycles. The molecule has 100 valence electrons. The average molecular weight is 277 g/mol. The minimum Gasteiger partial charge on any atom is -0.494 e. The fourth-order valence-corrected chi connectivity index (χ4v) is 2.80. The minimum absolute atomic E-state index is 0.280. The maximum atomic E-state index is 14.0. The molecule has 0 radical (unpaired) electrons. The Bertz CT molecular complexity index is 586. The first-order valence-electron chi connectivity index (χ1n) is 5.92. The lowest BCUT2D eigenvalue weighted by Gasteiger charge is -2.09. The van der Waals surface area contributed by atoms with Crippen molar-refractivity contribution in [1.29, 1.82) is 0 Å². The van der Waals surface area contributed by atoms with E-state index < -0.39 is 0 Å². The summed E-state index contributed by atoms with van der Waals surface area (Å²) in [5.74, 6) is 0.536. The van der Waals surface area contributed by atoms with Crippen LogP contribution >= 0.6 is 11.8 Å². The molecule has 0 aliphatic heterocycles. The molecule has 2 aromatic carbocycles. The number of methoxy groups -OCH3 is 1. The third-order valence-electron chi connectivity index (χ3n) is 2.86. The second-order valence-corrected chi connectivity index (χ2v) is 5.26. The predicted octanol–water partition coefficient (Wildman–Crippen LogP) is 4.02. The van der Waals surface area contributed by atoms with Gasteiger partial charge in [-0.05, 0) is 30.7 Å². The molecule has 2 rings (SSSR count). The largest absolute Gasteiger partial charge is 0.494 e. The zero-order valence-corrected chi connectivity index (χ0v) is 11.8. The highest BCUT2D eigenvalue weighted by Crippen LogP contribution is 2.30. The number of ether oxygens (including phenoxy) is 1. The molecule has 0 fully saturated rings. The molecule has 2 nitrogen and oxygen atoms in total. The second kappa shape index (κ2) is 5.97. The molecule has 0 unspecified atom stereocenters. The van der Waals surface area contributed by atoms with Crippen molar-refractivity contribution in [3.8, 4) is 5.75 Å². The van der Waals surface area contributed by atoms with Gasteiger partial charge in [-0.1, -0.05) is 18.2 Å². The molecule has 0 spiro atoms. The van der Waals surface area contributed by atoms with Gasteiger partial charge in [0.2, 0.25) is 0 Å². The summed E-state index contributed by atoms with van der Waals surface area (Å²) in [5.41, 5.74) is 8.26. The fourth-order valence-electron chi connectivity index (χ4n) is 1.75. The van der Waals surface area contributed by atoms with E-state index in [0.29, 0.717) is 11.3 Å². The van der Waals surface area contributed by atoms with Crippen LogP contribution < -0.4 is 10.5 Å². The number of hydrogen-bond donors (Lipinski definition) is 1. The summed E-state index contributed by atoms with van der Waals surface area (Å²) in [5, 5.41) is 0. The van der Waals surface area contributed by atoms with Crippen LogP contribution in [-0.4, -0.2) is 7.11 Å². The number of benzene rings is 2. The van der Waals surface area contributed by atoms with Crippen LogP contribution in [0.5, 0.6) is 5.75 Å². The van der Waals surface area contributed by atoms with E-state index in [4.69, 9.17) is 10.5 Å².